The van der Waals surface area contributed by atoms with Crippen molar-refractivity contribution in [3.63, 3.8) is 0 Å². The Morgan fingerprint density at radius 3 is 1.64 bits per heavy atom. The Morgan fingerprint density at radius 2 is 1.27 bits per heavy atom. The number of nitrogens with two attached hydrogens (primary N) is 6. The maximum Gasteiger partial charge on any atom is 0.333 e. The van der Waals surface area contributed by atoms with Gasteiger partial charge in [-0.2, -0.15) is 65.2 Å². The summed E-state index contributed by atoms with van der Waals surface area (Å²) in [6.45, 7) is 5.92. The summed E-state index contributed by atoms with van der Waals surface area (Å²) in [5.41, 5.74) is 23.5. The van der Waals surface area contributed by atoms with Gasteiger partial charge in [0.15, 0.2) is 5.71 Å². The fraction of sp³-hybridized carbons (Fsp3) is 0.875. The number of amidine groups is 2. The number of ether oxygens (including phenoxy) is 1. The topological polar surface area (TPSA) is 244 Å². The second-order valence-electron chi connectivity index (χ2n) is 11.6. The number of aliphatic hydroxyl groups excluding tert-OH is 1. The van der Waals surface area contributed by atoms with E-state index in [4.69, 9.17) is 49.1 Å². The van der Waals surface area contributed by atoms with Crippen molar-refractivity contribution in [1.82, 2.24) is 0 Å². The lowest BCUT2D eigenvalue weighted by Crippen LogP contribution is -2.76. The first-order valence-corrected chi connectivity index (χ1v) is 28.8. The number of thioether (sulfide) groups is 4. The van der Waals surface area contributed by atoms with Gasteiger partial charge in [0.05, 0.1) is 54.6 Å². The maximum atomic E-state index is 8.63. The fourth-order valence-electron chi connectivity index (χ4n) is 4.09. The van der Waals surface area contributed by atoms with Crippen LogP contribution in [0.2, 0.25) is 0 Å². The van der Waals surface area contributed by atoms with Gasteiger partial charge in [0.1, 0.15) is 6.61 Å². The quantitative estimate of drug-likeness (QED) is 0.0106. The van der Waals surface area contributed by atoms with E-state index >= 15 is 0 Å². The molecule has 2 aliphatic carbocycles. The minimum Gasteiger partial charge on any atom is -0.451 e. The van der Waals surface area contributed by atoms with Crippen molar-refractivity contribution in [3.05, 3.63) is 0 Å². The van der Waals surface area contributed by atoms with Gasteiger partial charge in [0.2, 0.25) is 11.7 Å². The summed E-state index contributed by atoms with van der Waals surface area (Å²) in [6.07, 6.45) is 11.1. The third-order valence-corrected chi connectivity index (χ3v) is 17.6. The highest BCUT2D eigenvalue weighted by molar-refractivity contribution is 8.77. The SMILES string of the molecule is COC(=[NH2+])CCSSCCC(=[NH2+])CO.CSCC[NH+]=C(N)CCSSCCC(N)=[NH+]CCSC1CCC1C.NCCSC1CCC1SCCN.O.[2H]P([3H])[B].[2H][3H].[B]P. The van der Waals surface area contributed by atoms with E-state index in [1.54, 1.807) is 28.7 Å². The van der Waals surface area contributed by atoms with Crippen molar-refractivity contribution in [3.8, 4) is 0 Å². The average molecular weight is 969 g/mol. The van der Waals surface area contributed by atoms with E-state index < -0.39 is 9.01 Å². The molecule has 55 heavy (non-hydrogen) atoms. The van der Waals surface area contributed by atoms with Crippen LogP contribution >= 0.6 is 108 Å². The summed E-state index contributed by atoms with van der Waals surface area (Å²) in [5, 5.41) is 22.2. The first-order valence-electron chi connectivity index (χ1n) is 20.0. The van der Waals surface area contributed by atoms with Gasteiger partial charge in [-0.1, -0.05) is 50.1 Å². The van der Waals surface area contributed by atoms with E-state index in [0.29, 0.717) is 11.6 Å². The molecule has 0 heterocycles. The van der Waals surface area contributed by atoms with Crippen molar-refractivity contribution in [2.24, 2.45) is 28.9 Å². The Morgan fingerprint density at radius 1 is 0.855 bits per heavy atom. The number of methoxy groups -OCH3 is 1. The zero-order valence-electron chi connectivity index (χ0n) is 37.4. The van der Waals surface area contributed by atoms with Crippen LogP contribution in [0, 0.1) is 5.92 Å². The van der Waals surface area contributed by atoms with Crippen LogP contribution in [0.5, 0.6) is 0 Å². The van der Waals surface area contributed by atoms with E-state index in [1.165, 1.54) is 25.7 Å². The summed E-state index contributed by atoms with van der Waals surface area (Å²) in [5.74, 6) is 11.8. The lowest BCUT2D eigenvalue weighted by Gasteiger charge is -2.35. The second-order valence-corrected chi connectivity index (χ2v) is 22.0. The molecule has 0 spiro atoms. The number of hydrogen-bond donors (Lipinski definition) is 9. The Hall–Kier alpha value is 1.71. The van der Waals surface area contributed by atoms with Gasteiger partial charge >= 0.3 is 5.90 Å². The third-order valence-electron chi connectivity index (χ3n) is 7.52. The molecule has 23 heteroatoms. The molecule has 0 amide bonds. The molecule has 11 nitrogen and oxygen atoms in total. The minimum absolute atomic E-state index is 0. The molecule has 2 rings (SSSR count). The van der Waals surface area contributed by atoms with Gasteiger partial charge in [0.25, 0.3) is 0 Å². The lowest BCUT2D eigenvalue weighted by atomic mass is 9.87. The molecule has 2 aliphatic rings. The van der Waals surface area contributed by atoms with Crippen LogP contribution in [0.3, 0.4) is 0 Å². The molecule has 0 saturated heterocycles. The third kappa shape index (κ3) is 42.2. The first kappa shape index (κ1) is 56.7. The smallest absolute Gasteiger partial charge is 0.333 e. The van der Waals surface area contributed by atoms with E-state index in [9.17, 15) is 0 Å². The van der Waals surface area contributed by atoms with E-state index in [1.807, 2.05) is 66.0 Å². The number of nitrogens with one attached hydrogen (secondary N) is 2. The van der Waals surface area contributed by atoms with Gasteiger partial charge in [-0.3, -0.25) is 26.9 Å². The normalized spacial score (nSPS) is 19.6. The van der Waals surface area contributed by atoms with Gasteiger partial charge in [-0.15, -0.1) is 0 Å². The van der Waals surface area contributed by atoms with Crippen LogP contribution in [0.4, 0.5) is 0 Å². The second kappa shape index (κ2) is 50.1. The molecule has 0 aliphatic heterocycles. The summed E-state index contributed by atoms with van der Waals surface area (Å²) < 4.78 is 27.0. The summed E-state index contributed by atoms with van der Waals surface area (Å²) in [4.78, 5) is 6.61. The van der Waals surface area contributed by atoms with Crippen LogP contribution < -0.4 is 43.7 Å². The number of rotatable bonds is 28. The maximum absolute atomic E-state index is 8.63. The molecular weight excluding hydrogens is 885 g/mol. The van der Waals surface area contributed by atoms with Gasteiger partial charge in [0, 0.05) is 86.8 Å². The highest BCUT2D eigenvalue weighted by Gasteiger charge is 2.30. The molecule has 0 aromatic rings. The molecule has 6 unspecified atom stereocenters. The van der Waals surface area contributed by atoms with Gasteiger partial charge < -0.3 is 26.8 Å². The minimum atomic E-state index is -1.62. The standard InChI is InChI=1S/C16H32N4S4.C8H16N2O2S2.C8H18N2S2.2BH2P.H2O.H2/c1-13-3-4-14(13)22-12-8-20-16(18)6-10-24-23-9-5-15(17)19-7-11-21-2;1-12-8(10)3-5-14-13-4-2-7(9)6-11;9-3-5-11-7-1-2-8(7)12-6-4-10;2*1-2;;/h13-14H,3-12H2,1-2H3,(H2,17,19)(H2,18,20);9-11H,2-6H2,1H3;7-8H,1-6,9-10H2;2*2H2;1H2;1H/p+4/i;;;2TD;;;1+2D. The van der Waals surface area contributed by atoms with E-state index in [0.717, 1.165) is 131 Å². The molecule has 17 N–H and O–H groups in total. The van der Waals surface area contributed by atoms with Crippen molar-refractivity contribution >= 4 is 147 Å². The van der Waals surface area contributed by atoms with Crippen molar-refractivity contribution in [2.45, 2.75) is 74.0 Å². The van der Waals surface area contributed by atoms with Crippen LogP contribution in [0.1, 0.15) is 61.3 Å². The van der Waals surface area contributed by atoms with Crippen molar-refractivity contribution in [2.75, 3.05) is 92.2 Å². The molecule has 4 radical (unpaired) electrons. The summed E-state index contributed by atoms with van der Waals surface area (Å²) in [6, 6.07) is 0. The van der Waals surface area contributed by atoms with E-state index in [2.05, 4.69) is 50.1 Å². The lowest BCUT2D eigenvalue weighted by molar-refractivity contribution is -0.453. The molecule has 0 aromatic carbocycles. The Labute approximate surface area is 380 Å². The Kier molecular flexibility index (Phi) is 51.6. The molecule has 0 aromatic heterocycles. The average Bonchev–Trinajstić information content (AvgIpc) is 3.21. The van der Waals surface area contributed by atoms with Crippen molar-refractivity contribution < 1.29 is 39.1 Å². The zero-order chi connectivity index (χ0) is 44.8. The molecule has 324 valence electrons. The molecule has 2 fully saturated rings. The first-order chi connectivity index (χ1) is 27.9. The van der Waals surface area contributed by atoms with Crippen LogP contribution in [-0.4, -0.2) is 159 Å². The summed E-state index contributed by atoms with van der Waals surface area (Å²) >= 11 is 8.00. The van der Waals surface area contributed by atoms with Crippen LogP contribution in [0.25, 0.3) is 0 Å². The zero-order valence-corrected chi connectivity index (χ0v) is 42.0. The molecule has 2 saturated carbocycles. The Bertz CT molecular complexity index is 967. The number of hydrogen-bond acceptors (Lipinski definition) is 12. The summed E-state index contributed by atoms with van der Waals surface area (Å²) in [7, 11) is 18.0. The van der Waals surface area contributed by atoms with Crippen molar-refractivity contribution in [1.29, 1.82) is 2.56 Å². The highest BCUT2D eigenvalue weighted by atomic mass is 33.1. The predicted octanol–water partition coefficient (Wildman–Crippen LogP) is -1.72. The monoisotopic (exact) mass is 968 g/mol. The van der Waals surface area contributed by atoms with Crippen LogP contribution in [-0.2, 0) is 4.74 Å². The largest absolute Gasteiger partial charge is 0.451 e. The number of aliphatic hydroxyl groups is 1. The van der Waals surface area contributed by atoms with Gasteiger partial charge in [-0.25, -0.2) is 5.41 Å². The van der Waals surface area contributed by atoms with E-state index in [-0.39, 0.29) is 12.1 Å². The molecule has 0 bridgehead atoms. The fourth-order valence-corrected chi connectivity index (χ4v) is 12.5. The Balaban J connectivity index is -0.000000238. The molecular formula is C32H78B2N8O3P2S8+4. The predicted molar refractivity (Wildman–Crippen MR) is 276 cm³/mol. The molecule has 6 atom stereocenters. The van der Waals surface area contributed by atoms with Crippen LogP contribution in [0.15, 0.2) is 0 Å². The van der Waals surface area contributed by atoms with Gasteiger partial charge in [-0.05, 0) is 37.9 Å². The highest BCUT2D eigenvalue weighted by Crippen LogP contribution is 2.39.